The molecule has 0 amide bonds. The molecule has 2 aromatic carbocycles. The maximum Gasteiger partial charge on any atom is 0.371 e. The lowest BCUT2D eigenvalue weighted by Gasteiger charge is -2.06. The summed E-state index contributed by atoms with van der Waals surface area (Å²) in [4.78, 5) is 21.5. The summed E-state index contributed by atoms with van der Waals surface area (Å²) >= 11 is 0. The first-order valence-corrected chi connectivity index (χ1v) is 6.39. The highest BCUT2D eigenvalue weighted by molar-refractivity contribution is 5.90. The molecule has 0 spiro atoms. The van der Waals surface area contributed by atoms with Gasteiger partial charge in [0.15, 0.2) is 0 Å². The van der Waals surface area contributed by atoms with E-state index in [4.69, 9.17) is 4.74 Å². The molecule has 2 rings (SSSR count). The number of aryl methyl sites for hydroxylation is 1. The number of carboxylic acids is 1. The van der Waals surface area contributed by atoms with Crippen LogP contribution in [-0.2, 0) is 4.79 Å². The van der Waals surface area contributed by atoms with Crippen LogP contribution in [0.25, 0.3) is 6.08 Å². The van der Waals surface area contributed by atoms with E-state index in [1.54, 1.807) is 30.3 Å². The number of rotatable bonds is 5. The highest BCUT2D eigenvalue weighted by Gasteiger charge is 2.12. The van der Waals surface area contributed by atoms with Gasteiger partial charge in [-0.2, -0.15) is 0 Å². The monoisotopic (exact) mass is 299 g/mol. The van der Waals surface area contributed by atoms with Gasteiger partial charge in [-0.25, -0.2) is 4.79 Å². The molecule has 0 atom stereocenters. The number of ether oxygens (including phenoxy) is 1. The van der Waals surface area contributed by atoms with Crippen LogP contribution in [0.15, 0.2) is 54.3 Å². The zero-order valence-corrected chi connectivity index (χ0v) is 11.7. The molecule has 0 aliphatic carbocycles. The molecule has 0 saturated carbocycles. The molecule has 6 heteroatoms. The number of nitro benzene ring substituents is 1. The van der Waals surface area contributed by atoms with Crippen molar-refractivity contribution in [2.75, 3.05) is 0 Å². The summed E-state index contributed by atoms with van der Waals surface area (Å²) in [6, 6.07) is 12.5. The first-order valence-electron chi connectivity index (χ1n) is 6.39. The Balaban J connectivity index is 2.31. The maximum atomic E-state index is 11.3. The van der Waals surface area contributed by atoms with Gasteiger partial charge in [-0.3, -0.25) is 10.1 Å². The largest absolute Gasteiger partial charge is 0.475 e. The number of hydrogen-bond donors (Lipinski definition) is 1. The van der Waals surface area contributed by atoms with Gasteiger partial charge in [0, 0.05) is 12.1 Å². The molecule has 2 aromatic rings. The lowest BCUT2D eigenvalue weighted by molar-refractivity contribution is -0.384. The molecule has 0 radical (unpaired) electrons. The van der Waals surface area contributed by atoms with Gasteiger partial charge in [0.2, 0.25) is 5.76 Å². The van der Waals surface area contributed by atoms with Crippen molar-refractivity contribution >= 4 is 17.7 Å². The zero-order chi connectivity index (χ0) is 16.1. The fourth-order valence-electron chi connectivity index (χ4n) is 1.75. The van der Waals surface area contributed by atoms with Gasteiger partial charge in [0.05, 0.1) is 4.92 Å². The standard InChI is InChI=1S/C16H13NO5/c1-11-5-7-14(8-6-11)22-15(16(18)19)10-12-3-2-4-13(9-12)17(20)21/h2-10H,1H3,(H,18,19)/b15-10-. The molecular weight excluding hydrogens is 286 g/mol. The third-order valence-electron chi connectivity index (χ3n) is 2.84. The van der Waals surface area contributed by atoms with Gasteiger partial charge in [-0.1, -0.05) is 29.8 Å². The van der Waals surface area contributed by atoms with Gasteiger partial charge in [-0.05, 0) is 30.7 Å². The molecule has 0 aliphatic rings. The molecule has 112 valence electrons. The summed E-state index contributed by atoms with van der Waals surface area (Å²) in [6.07, 6.45) is 1.25. The van der Waals surface area contributed by atoms with Crippen molar-refractivity contribution in [3.63, 3.8) is 0 Å². The van der Waals surface area contributed by atoms with Gasteiger partial charge in [0.25, 0.3) is 5.69 Å². The van der Waals surface area contributed by atoms with E-state index in [9.17, 15) is 20.0 Å². The second kappa shape index (κ2) is 6.53. The Morgan fingerprint density at radius 3 is 2.50 bits per heavy atom. The molecule has 6 nitrogen and oxygen atoms in total. The Morgan fingerprint density at radius 1 is 1.23 bits per heavy atom. The number of nitrogens with zero attached hydrogens (tertiary/aromatic N) is 1. The molecular formula is C16H13NO5. The number of carboxylic acid groups (broad SMARTS) is 1. The van der Waals surface area contributed by atoms with Gasteiger partial charge in [-0.15, -0.1) is 0 Å². The molecule has 0 aliphatic heterocycles. The van der Waals surface area contributed by atoms with Crippen molar-refractivity contribution in [2.24, 2.45) is 0 Å². The average molecular weight is 299 g/mol. The van der Waals surface area contributed by atoms with Gasteiger partial charge in [0.1, 0.15) is 5.75 Å². The molecule has 0 unspecified atom stereocenters. The highest BCUT2D eigenvalue weighted by Crippen LogP contribution is 2.19. The van der Waals surface area contributed by atoms with E-state index in [1.165, 1.54) is 24.3 Å². The first-order chi connectivity index (χ1) is 10.5. The van der Waals surface area contributed by atoms with Crippen LogP contribution in [0.1, 0.15) is 11.1 Å². The summed E-state index contributed by atoms with van der Waals surface area (Å²) in [5.41, 5.74) is 1.28. The predicted octanol–water partition coefficient (Wildman–Crippen LogP) is 3.41. The molecule has 0 fully saturated rings. The van der Waals surface area contributed by atoms with Crippen LogP contribution in [0, 0.1) is 17.0 Å². The summed E-state index contributed by atoms with van der Waals surface area (Å²) in [5.74, 6) is -1.19. The molecule has 22 heavy (non-hydrogen) atoms. The van der Waals surface area contributed by atoms with Crippen molar-refractivity contribution in [1.82, 2.24) is 0 Å². The summed E-state index contributed by atoms with van der Waals surface area (Å²) in [6.45, 7) is 1.90. The minimum atomic E-state index is -1.26. The number of nitro groups is 1. The van der Waals surface area contributed by atoms with E-state index >= 15 is 0 Å². The molecule has 0 heterocycles. The van der Waals surface area contributed by atoms with Crippen LogP contribution >= 0.6 is 0 Å². The second-order valence-electron chi connectivity index (χ2n) is 4.58. The summed E-state index contributed by atoms with van der Waals surface area (Å²) in [5, 5.41) is 19.9. The SMILES string of the molecule is Cc1ccc(O/C(=C\c2cccc([N+](=O)[O-])c2)C(=O)O)cc1. The van der Waals surface area contributed by atoms with Crippen LogP contribution in [0.3, 0.4) is 0 Å². The van der Waals surface area contributed by atoms with Crippen molar-refractivity contribution in [2.45, 2.75) is 6.92 Å². The Hall–Kier alpha value is -3.15. The van der Waals surface area contributed by atoms with E-state index in [0.29, 0.717) is 11.3 Å². The third kappa shape index (κ3) is 3.92. The van der Waals surface area contributed by atoms with E-state index in [2.05, 4.69) is 0 Å². The topological polar surface area (TPSA) is 89.7 Å². The smallest absolute Gasteiger partial charge is 0.371 e. The summed E-state index contributed by atoms with van der Waals surface area (Å²) in [7, 11) is 0. The molecule has 0 bridgehead atoms. The second-order valence-corrected chi connectivity index (χ2v) is 4.58. The van der Waals surface area contributed by atoms with Crippen molar-refractivity contribution in [3.05, 3.63) is 75.5 Å². The Labute approximate surface area is 126 Å². The van der Waals surface area contributed by atoms with Crippen molar-refractivity contribution in [1.29, 1.82) is 0 Å². The minimum Gasteiger partial charge on any atom is -0.475 e. The van der Waals surface area contributed by atoms with E-state index in [-0.39, 0.29) is 11.4 Å². The Morgan fingerprint density at radius 2 is 1.91 bits per heavy atom. The fourth-order valence-corrected chi connectivity index (χ4v) is 1.75. The fraction of sp³-hybridized carbons (Fsp3) is 0.0625. The first kappa shape index (κ1) is 15.2. The minimum absolute atomic E-state index is 0.117. The van der Waals surface area contributed by atoms with Crippen LogP contribution in [0.5, 0.6) is 5.75 Å². The van der Waals surface area contributed by atoms with E-state index in [1.807, 2.05) is 6.92 Å². The number of benzene rings is 2. The molecule has 1 N–H and O–H groups in total. The van der Waals surface area contributed by atoms with Crippen LogP contribution in [0.4, 0.5) is 5.69 Å². The molecule has 0 saturated heterocycles. The Bertz CT molecular complexity index is 734. The van der Waals surface area contributed by atoms with E-state index < -0.39 is 10.9 Å². The van der Waals surface area contributed by atoms with Gasteiger partial charge >= 0.3 is 5.97 Å². The highest BCUT2D eigenvalue weighted by atomic mass is 16.6. The zero-order valence-electron chi connectivity index (χ0n) is 11.7. The average Bonchev–Trinajstić information content (AvgIpc) is 2.49. The summed E-state index contributed by atoms with van der Waals surface area (Å²) < 4.78 is 5.33. The lowest BCUT2D eigenvalue weighted by Crippen LogP contribution is -2.07. The number of aliphatic carboxylic acids is 1. The normalized spacial score (nSPS) is 11.0. The van der Waals surface area contributed by atoms with E-state index in [0.717, 1.165) is 5.56 Å². The Kier molecular flexibility index (Phi) is 4.53. The van der Waals surface area contributed by atoms with Gasteiger partial charge < -0.3 is 9.84 Å². The van der Waals surface area contributed by atoms with Crippen molar-refractivity contribution < 1.29 is 19.6 Å². The van der Waals surface area contributed by atoms with Crippen LogP contribution in [-0.4, -0.2) is 16.0 Å². The number of hydrogen-bond acceptors (Lipinski definition) is 4. The lowest BCUT2D eigenvalue weighted by atomic mass is 10.2. The quantitative estimate of drug-likeness (QED) is 0.395. The van der Waals surface area contributed by atoms with Crippen LogP contribution in [0.2, 0.25) is 0 Å². The third-order valence-corrected chi connectivity index (χ3v) is 2.84. The number of non-ortho nitro benzene ring substituents is 1. The number of carbonyl (C=O) groups is 1. The molecule has 0 aromatic heterocycles. The predicted molar refractivity (Wildman–Crippen MR) is 80.5 cm³/mol. The van der Waals surface area contributed by atoms with Crippen LogP contribution < -0.4 is 4.74 Å². The maximum absolute atomic E-state index is 11.3. The van der Waals surface area contributed by atoms with Crippen molar-refractivity contribution in [3.8, 4) is 5.75 Å².